The fourth-order valence-electron chi connectivity index (χ4n) is 2.42. The van der Waals surface area contributed by atoms with Crippen LogP contribution in [0.1, 0.15) is 20.8 Å². The highest BCUT2D eigenvalue weighted by atomic mass is 127. The second-order valence-electron chi connectivity index (χ2n) is 5.28. The zero-order valence-corrected chi connectivity index (χ0v) is 12.7. The normalized spacial score (nSPS) is 23.8. The Bertz CT molecular complexity index is 420. The van der Waals surface area contributed by atoms with Gasteiger partial charge in [0.05, 0.1) is 17.4 Å². The molecule has 0 spiro atoms. The molecule has 1 heterocycles. The molecule has 0 saturated carbocycles. The first-order valence-electron chi connectivity index (χ1n) is 5.85. The average Bonchev–Trinajstić information content (AvgIpc) is 2.13. The van der Waals surface area contributed by atoms with E-state index in [-0.39, 0.29) is 11.7 Å². The maximum absolute atomic E-state index is 5.92. The summed E-state index contributed by atoms with van der Waals surface area (Å²) in [4.78, 5) is 2.38. The molecular formula is C13H19IN2O. The minimum Gasteiger partial charge on any atom is -0.399 e. The van der Waals surface area contributed by atoms with Gasteiger partial charge in [0, 0.05) is 22.3 Å². The van der Waals surface area contributed by atoms with Gasteiger partial charge in [-0.3, -0.25) is 0 Å². The van der Waals surface area contributed by atoms with Crippen molar-refractivity contribution in [2.45, 2.75) is 32.5 Å². The molecule has 94 valence electrons. The molecule has 1 aliphatic rings. The van der Waals surface area contributed by atoms with Gasteiger partial charge in [0.1, 0.15) is 0 Å². The molecule has 2 N–H and O–H groups in total. The van der Waals surface area contributed by atoms with Crippen molar-refractivity contribution in [2.24, 2.45) is 0 Å². The first-order chi connectivity index (χ1) is 7.87. The van der Waals surface area contributed by atoms with E-state index in [1.165, 1.54) is 9.26 Å². The van der Waals surface area contributed by atoms with Crippen LogP contribution >= 0.6 is 22.6 Å². The Morgan fingerprint density at radius 2 is 2.18 bits per heavy atom. The number of nitrogen functional groups attached to an aromatic ring is 1. The lowest BCUT2D eigenvalue weighted by Gasteiger charge is -2.43. The molecule has 1 atom stereocenters. The Labute approximate surface area is 116 Å². The van der Waals surface area contributed by atoms with Crippen molar-refractivity contribution < 1.29 is 4.74 Å². The van der Waals surface area contributed by atoms with Gasteiger partial charge in [0.25, 0.3) is 0 Å². The van der Waals surface area contributed by atoms with Crippen LogP contribution in [0.15, 0.2) is 18.2 Å². The first-order valence-corrected chi connectivity index (χ1v) is 6.93. The first kappa shape index (κ1) is 13.0. The number of nitrogens with zero attached hydrogens (tertiary/aromatic N) is 1. The maximum atomic E-state index is 5.92. The summed E-state index contributed by atoms with van der Waals surface area (Å²) < 4.78 is 7.12. The number of halogens is 1. The molecule has 0 aromatic heterocycles. The number of ether oxygens (including phenoxy) is 1. The molecule has 0 amide bonds. The van der Waals surface area contributed by atoms with Crippen molar-refractivity contribution in [3.8, 4) is 0 Å². The van der Waals surface area contributed by atoms with E-state index in [1.807, 2.05) is 12.1 Å². The Morgan fingerprint density at radius 1 is 1.47 bits per heavy atom. The van der Waals surface area contributed by atoms with Crippen LogP contribution in [0.3, 0.4) is 0 Å². The molecule has 1 fully saturated rings. The third kappa shape index (κ3) is 3.04. The predicted octanol–water partition coefficient (Wildman–Crippen LogP) is 2.88. The van der Waals surface area contributed by atoms with E-state index in [4.69, 9.17) is 10.5 Å². The standard InChI is InChI=1S/C13H19IN2O/c1-9-7-16(8-13(2,3)17-9)12-5-4-10(15)6-11(12)14/h4-6,9H,7-8,15H2,1-3H3. The van der Waals surface area contributed by atoms with Gasteiger partial charge in [-0.1, -0.05) is 0 Å². The van der Waals surface area contributed by atoms with Gasteiger partial charge in [-0.15, -0.1) is 0 Å². The van der Waals surface area contributed by atoms with Crippen molar-refractivity contribution in [3.05, 3.63) is 21.8 Å². The molecule has 1 saturated heterocycles. The van der Waals surface area contributed by atoms with Gasteiger partial charge in [-0.2, -0.15) is 0 Å². The molecule has 2 rings (SSSR count). The summed E-state index contributed by atoms with van der Waals surface area (Å²) in [6.45, 7) is 8.25. The highest BCUT2D eigenvalue weighted by Gasteiger charge is 2.31. The Kier molecular flexibility index (Phi) is 3.54. The smallest absolute Gasteiger partial charge is 0.0805 e. The number of hydrogen-bond acceptors (Lipinski definition) is 3. The monoisotopic (exact) mass is 346 g/mol. The molecular weight excluding hydrogens is 327 g/mol. The topological polar surface area (TPSA) is 38.5 Å². The second-order valence-corrected chi connectivity index (χ2v) is 6.44. The van der Waals surface area contributed by atoms with E-state index >= 15 is 0 Å². The van der Waals surface area contributed by atoms with Gasteiger partial charge < -0.3 is 15.4 Å². The number of benzene rings is 1. The van der Waals surface area contributed by atoms with Crippen LogP contribution < -0.4 is 10.6 Å². The Hall–Kier alpha value is -0.490. The van der Waals surface area contributed by atoms with Crippen molar-refractivity contribution in [1.82, 2.24) is 0 Å². The maximum Gasteiger partial charge on any atom is 0.0805 e. The largest absolute Gasteiger partial charge is 0.399 e. The summed E-state index contributed by atoms with van der Waals surface area (Å²) >= 11 is 2.34. The number of nitrogens with two attached hydrogens (primary N) is 1. The lowest BCUT2D eigenvalue weighted by atomic mass is 10.0. The third-order valence-corrected chi connectivity index (χ3v) is 3.75. The minimum atomic E-state index is -0.0951. The summed E-state index contributed by atoms with van der Waals surface area (Å²) in [5.74, 6) is 0. The quantitative estimate of drug-likeness (QED) is 0.628. The van der Waals surface area contributed by atoms with Gasteiger partial charge in [0.15, 0.2) is 0 Å². The molecule has 1 aromatic carbocycles. The predicted molar refractivity (Wildman–Crippen MR) is 80.4 cm³/mol. The Morgan fingerprint density at radius 3 is 2.76 bits per heavy atom. The molecule has 0 bridgehead atoms. The van der Waals surface area contributed by atoms with Crippen molar-refractivity contribution >= 4 is 34.0 Å². The molecule has 4 heteroatoms. The number of morpholine rings is 1. The van der Waals surface area contributed by atoms with Gasteiger partial charge in [-0.05, 0) is 61.6 Å². The second kappa shape index (κ2) is 4.65. The molecule has 3 nitrogen and oxygen atoms in total. The summed E-state index contributed by atoms with van der Waals surface area (Å²) in [7, 11) is 0. The Balaban J connectivity index is 2.27. The molecule has 1 aromatic rings. The zero-order chi connectivity index (χ0) is 12.6. The summed E-state index contributed by atoms with van der Waals surface area (Å²) in [6, 6.07) is 6.08. The average molecular weight is 346 g/mol. The van der Waals surface area contributed by atoms with E-state index in [2.05, 4.69) is 54.3 Å². The van der Waals surface area contributed by atoms with Crippen LogP contribution in [0.25, 0.3) is 0 Å². The van der Waals surface area contributed by atoms with Crippen molar-refractivity contribution in [2.75, 3.05) is 23.7 Å². The number of hydrogen-bond donors (Lipinski definition) is 1. The molecule has 1 unspecified atom stereocenters. The zero-order valence-electron chi connectivity index (χ0n) is 10.5. The lowest BCUT2D eigenvalue weighted by molar-refractivity contribution is -0.0750. The fourth-order valence-corrected chi connectivity index (χ4v) is 3.30. The minimum absolute atomic E-state index is 0.0951. The van der Waals surface area contributed by atoms with Gasteiger partial charge in [0.2, 0.25) is 0 Å². The van der Waals surface area contributed by atoms with Crippen molar-refractivity contribution in [1.29, 1.82) is 0 Å². The van der Waals surface area contributed by atoms with E-state index < -0.39 is 0 Å². The van der Waals surface area contributed by atoms with E-state index in [0.29, 0.717) is 0 Å². The summed E-state index contributed by atoms with van der Waals surface area (Å²) in [5.41, 5.74) is 7.77. The summed E-state index contributed by atoms with van der Waals surface area (Å²) in [5, 5.41) is 0. The van der Waals surface area contributed by atoms with E-state index in [1.54, 1.807) is 0 Å². The van der Waals surface area contributed by atoms with E-state index in [0.717, 1.165) is 18.8 Å². The van der Waals surface area contributed by atoms with Crippen LogP contribution in [0.5, 0.6) is 0 Å². The number of rotatable bonds is 1. The molecule has 0 aliphatic carbocycles. The van der Waals surface area contributed by atoms with Crippen LogP contribution in [-0.2, 0) is 4.74 Å². The molecule has 17 heavy (non-hydrogen) atoms. The van der Waals surface area contributed by atoms with Crippen LogP contribution in [-0.4, -0.2) is 24.8 Å². The van der Waals surface area contributed by atoms with Crippen LogP contribution in [0, 0.1) is 3.57 Å². The van der Waals surface area contributed by atoms with Crippen LogP contribution in [0.2, 0.25) is 0 Å². The summed E-state index contributed by atoms with van der Waals surface area (Å²) in [6.07, 6.45) is 0.257. The van der Waals surface area contributed by atoms with Crippen LogP contribution in [0.4, 0.5) is 11.4 Å². The number of anilines is 2. The third-order valence-electron chi connectivity index (χ3n) is 2.88. The molecule has 1 aliphatic heterocycles. The van der Waals surface area contributed by atoms with Gasteiger partial charge in [-0.25, -0.2) is 0 Å². The van der Waals surface area contributed by atoms with E-state index in [9.17, 15) is 0 Å². The van der Waals surface area contributed by atoms with Crippen molar-refractivity contribution in [3.63, 3.8) is 0 Å². The highest BCUT2D eigenvalue weighted by Crippen LogP contribution is 2.30. The van der Waals surface area contributed by atoms with Gasteiger partial charge >= 0.3 is 0 Å². The lowest BCUT2D eigenvalue weighted by Crippen LogP contribution is -2.52. The molecule has 0 radical (unpaired) electrons. The SMILES string of the molecule is CC1CN(c2ccc(N)cc2I)CC(C)(C)O1. The highest BCUT2D eigenvalue weighted by molar-refractivity contribution is 14.1. The fraction of sp³-hybridized carbons (Fsp3) is 0.538.